The van der Waals surface area contributed by atoms with Crippen LogP contribution in [-0.4, -0.2) is 47.5 Å². The zero-order valence-electron chi connectivity index (χ0n) is 18.1. The molecule has 164 valence electrons. The van der Waals surface area contributed by atoms with Gasteiger partial charge < -0.3 is 15.8 Å². The SMILES string of the molecule is Cc1cc(C#CCN2C(=O)c3ccccc3C2=O)cnc1/C(N)=C/NCC1CCCCO1. The number of carbonyl (C=O) groups excluding carboxylic acids is 2. The molecule has 1 unspecified atom stereocenters. The highest BCUT2D eigenvalue weighted by molar-refractivity contribution is 6.21. The zero-order chi connectivity index (χ0) is 22.5. The first kappa shape index (κ1) is 21.6. The molecule has 32 heavy (non-hydrogen) atoms. The summed E-state index contributed by atoms with van der Waals surface area (Å²) in [6.45, 7) is 3.49. The van der Waals surface area contributed by atoms with E-state index in [2.05, 4.69) is 22.1 Å². The third-order valence-electron chi connectivity index (χ3n) is 5.58. The molecule has 3 heterocycles. The number of rotatable bonds is 5. The van der Waals surface area contributed by atoms with Gasteiger partial charge in [-0.1, -0.05) is 24.0 Å². The number of fused-ring (bicyclic) bond motifs is 1. The molecule has 0 spiro atoms. The molecule has 1 saturated heterocycles. The Hall–Kier alpha value is -3.63. The fourth-order valence-corrected chi connectivity index (χ4v) is 3.89. The molecule has 0 bridgehead atoms. The maximum absolute atomic E-state index is 12.4. The minimum Gasteiger partial charge on any atom is -0.396 e. The second-order valence-corrected chi connectivity index (χ2v) is 7.93. The lowest BCUT2D eigenvalue weighted by molar-refractivity contribution is 0.0188. The van der Waals surface area contributed by atoms with E-state index in [9.17, 15) is 9.59 Å². The van der Waals surface area contributed by atoms with Crippen LogP contribution in [0.15, 0.2) is 42.7 Å². The number of aryl methyl sites for hydroxylation is 1. The molecular formula is C25H26N4O3. The second-order valence-electron chi connectivity index (χ2n) is 7.93. The van der Waals surface area contributed by atoms with Gasteiger partial charge in [-0.3, -0.25) is 19.5 Å². The van der Waals surface area contributed by atoms with Crippen molar-refractivity contribution in [1.29, 1.82) is 0 Å². The maximum atomic E-state index is 12.4. The number of hydrogen-bond donors (Lipinski definition) is 2. The predicted molar refractivity (Wildman–Crippen MR) is 121 cm³/mol. The monoisotopic (exact) mass is 430 g/mol. The van der Waals surface area contributed by atoms with Crippen molar-refractivity contribution < 1.29 is 14.3 Å². The van der Waals surface area contributed by atoms with E-state index in [1.54, 1.807) is 36.7 Å². The van der Waals surface area contributed by atoms with Gasteiger partial charge in [0, 0.05) is 31.1 Å². The lowest BCUT2D eigenvalue weighted by Gasteiger charge is -2.22. The van der Waals surface area contributed by atoms with E-state index >= 15 is 0 Å². The summed E-state index contributed by atoms with van der Waals surface area (Å²) < 4.78 is 5.70. The van der Waals surface area contributed by atoms with E-state index in [4.69, 9.17) is 10.5 Å². The van der Waals surface area contributed by atoms with E-state index < -0.39 is 0 Å². The fourth-order valence-electron chi connectivity index (χ4n) is 3.89. The van der Waals surface area contributed by atoms with Crippen molar-refractivity contribution in [2.45, 2.75) is 32.3 Å². The Kier molecular flexibility index (Phi) is 6.52. The molecule has 2 aliphatic heterocycles. The zero-order valence-corrected chi connectivity index (χ0v) is 18.1. The van der Waals surface area contributed by atoms with Gasteiger partial charge in [-0.05, 0) is 49.9 Å². The van der Waals surface area contributed by atoms with Gasteiger partial charge in [-0.15, -0.1) is 0 Å². The van der Waals surface area contributed by atoms with Crippen molar-refractivity contribution in [1.82, 2.24) is 15.2 Å². The lowest BCUT2D eigenvalue weighted by Crippen LogP contribution is -2.30. The average molecular weight is 431 g/mol. The first-order valence-corrected chi connectivity index (χ1v) is 10.8. The van der Waals surface area contributed by atoms with E-state index in [0.29, 0.717) is 28.1 Å². The molecule has 7 heteroatoms. The largest absolute Gasteiger partial charge is 0.396 e. The van der Waals surface area contributed by atoms with Crippen molar-refractivity contribution in [3.8, 4) is 11.8 Å². The van der Waals surface area contributed by atoms with E-state index in [1.165, 1.54) is 6.42 Å². The van der Waals surface area contributed by atoms with Crippen LogP contribution in [0.5, 0.6) is 0 Å². The molecule has 2 amide bonds. The van der Waals surface area contributed by atoms with Crippen molar-refractivity contribution in [3.63, 3.8) is 0 Å². The van der Waals surface area contributed by atoms with Gasteiger partial charge in [0.1, 0.15) is 0 Å². The third-order valence-corrected chi connectivity index (χ3v) is 5.58. The highest BCUT2D eigenvalue weighted by Crippen LogP contribution is 2.21. The molecule has 0 aliphatic carbocycles. The number of nitrogens with zero attached hydrogens (tertiary/aromatic N) is 2. The van der Waals surface area contributed by atoms with Crippen LogP contribution in [-0.2, 0) is 4.74 Å². The summed E-state index contributed by atoms with van der Waals surface area (Å²) in [5, 5.41) is 3.23. The first-order valence-electron chi connectivity index (χ1n) is 10.8. The van der Waals surface area contributed by atoms with Crippen LogP contribution in [0.2, 0.25) is 0 Å². The summed E-state index contributed by atoms with van der Waals surface area (Å²) in [6, 6.07) is 8.69. The highest BCUT2D eigenvalue weighted by Gasteiger charge is 2.34. The van der Waals surface area contributed by atoms with Gasteiger partial charge in [0.25, 0.3) is 11.8 Å². The van der Waals surface area contributed by atoms with Gasteiger partial charge in [0.05, 0.1) is 35.2 Å². The number of carbonyl (C=O) groups is 2. The first-order chi connectivity index (χ1) is 15.5. The number of aromatic nitrogens is 1. The number of imide groups is 1. The molecule has 1 aromatic heterocycles. The van der Waals surface area contributed by atoms with Crippen molar-refractivity contribution in [2.24, 2.45) is 5.73 Å². The molecule has 1 aromatic carbocycles. The van der Waals surface area contributed by atoms with Gasteiger partial charge in [-0.25, -0.2) is 0 Å². The number of benzene rings is 1. The summed E-state index contributed by atoms with van der Waals surface area (Å²) in [7, 11) is 0. The Labute approximate surface area is 187 Å². The summed E-state index contributed by atoms with van der Waals surface area (Å²) in [5.41, 5.74) is 9.86. The van der Waals surface area contributed by atoms with Gasteiger partial charge in [0.2, 0.25) is 0 Å². The van der Waals surface area contributed by atoms with Crippen LogP contribution in [0, 0.1) is 18.8 Å². The number of hydrogen-bond acceptors (Lipinski definition) is 6. The topological polar surface area (TPSA) is 97.6 Å². The Bertz CT molecular complexity index is 1090. The Morgan fingerprint density at radius 2 is 2.03 bits per heavy atom. The molecule has 2 aromatic rings. The van der Waals surface area contributed by atoms with Crippen LogP contribution in [0.25, 0.3) is 5.70 Å². The molecule has 0 saturated carbocycles. The molecular weight excluding hydrogens is 404 g/mol. The minimum absolute atomic E-state index is 0.0301. The summed E-state index contributed by atoms with van der Waals surface area (Å²) in [5.74, 6) is 5.27. The van der Waals surface area contributed by atoms with E-state index in [1.807, 2.05) is 13.0 Å². The molecule has 2 aliphatic rings. The highest BCUT2D eigenvalue weighted by atomic mass is 16.5. The predicted octanol–water partition coefficient (Wildman–Crippen LogP) is 2.45. The van der Waals surface area contributed by atoms with Crippen molar-refractivity contribution in [3.05, 3.63) is 70.7 Å². The van der Waals surface area contributed by atoms with Gasteiger partial charge in [-0.2, -0.15) is 0 Å². The Morgan fingerprint density at radius 3 is 2.69 bits per heavy atom. The fraction of sp³-hybridized carbons (Fsp3) is 0.320. The Balaban J connectivity index is 1.37. The normalized spacial score (nSPS) is 18.2. The maximum Gasteiger partial charge on any atom is 0.262 e. The standard InChI is InChI=1S/C25H26N4O3/c1-17-13-18(7-6-11-29-24(30)20-9-2-3-10-21(20)25(29)31)14-28-23(17)22(26)16-27-15-19-8-4-5-12-32-19/h2-3,9-10,13-14,16,19,27H,4-5,8,11-12,15,26H2,1H3/b22-16-. The molecule has 7 nitrogen and oxygen atoms in total. The lowest BCUT2D eigenvalue weighted by atomic mass is 10.1. The molecule has 1 atom stereocenters. The van der Waals surface area contributed by atoms with Crippen LogP contribution in [0.1, 0.15) is 56.8 Å². The summed E-state index contributed by atoms with van der Waals surface area (Å²) in [4.78, 5) is 30.4. The van der Waals surface area contributed by atoms with Gasteiger partial charge in [0.15, 0.2) is 0 Å². The quantitative estimate of drug-likeness (QED) is 0.559. The van der Waals surface area contributed by atoms with E-state index in [-0.39, 0.29) is 24.5 Å². The second kappa shape index (κ2) is 9.67. The van der Waals surface area contributed by atoms with Crippen LogP contribution in [0.3, 0.4) is 0 Å². The average Bonchev–Trinajstić information content (AvgIpc) is 3.05. The molecule has 3 N–H and O–H groups in total. The van der Waals surface area contributed by atoms with Crippen LogP contribution < -0.4 is 11.1 Å². The van der Waals surface area contributed by atoms with Gasteiger partial charge >= 0.3 is 0 Å². The third kappa shape index (κ3) is 4.66. The van der Waals surface area contributed by atoms with Crippen LogP contribution >= 0.6 is 0 Å². The molecule has 4 rings (SSSR count). The van der Waals surface area contributed by atoms with Crippen molar-refractivity contribution >= 4 is 17.5 Å². The number of ether oxygens (including phenoxy) is 1. The summed E-state index contributed by atoms with van der Waals surface area (Å²) >= 11 is 0. The molecule has 0 radical (unpaired) electrons. The van der Waals surface area contributed by atoms with E-state index in [0.717, 1.165) is 36.5 Å². The number of amides is 2. The number of nitrogens with two attached hydrogens (primary N) is 1. The summed E-state index contributed by atoms with van der Waals surface area (Å²) in [6.07, 6.45) is 7.02. The number of nitrogens with one attached hydrogen (secondary N) is 1. The smallest absolute Gasteiger partial charge is 0.262 e. The minimum atomic E-state index is -0.311. The van der Waals surface area contributed by atoms with Crippen molar-refractivity contribution in [2.75, 3.05) is 19.7 Å². The molecule has 1 fully saturated rings. The van der Waals surface area contributed by atoms with Crippen LogP contribution in [0.4, 0.5) is 0 Å². The Morgan fingerprint density at radius 1 is 1.28 bits per heavy atom. The number of pyridine rings is 1.